The van der Waals surface area contributed by atoms with Gasteiger partial charge < -0.3 is 10.2 Å². The quantitative estimate of drug-likeness (QED) is 0.830. The van der Waals surface area contributed by atoms with Crippen LogP contribution in [0.5, 0.6) is 0 Å². The third kappa shape index (κ3) is 1.44. The van der Waals surface area contributed by atoms with Crippen molar-refractivity contribution >= 4 is 11.9 Å². The first-order chi connectivity index (χ1) is 9.92. The first-order valence-electron chi connectivity index (χ1n) is 6.59. The van der Waals surface area contributed by atoms with Crippen LogP contribution in [0, 0.1) is 13.8 Å². The van der Waals surface area contributed by atoms with E-state index >= 15 is 0 Å². The van der Waals surface area contributed by atoms with Crippen molar-refractivity contribution in [1.29, 1.82) is 0 Å². The zero-order chi connectivity index (χ0) is 15.4. The second kappa shape index (κ2) is 4.19. The molecule has 0 heterocycles. The molecule has 21 heavy (non-hydrogen) atoms. The standard InChI is InChI=1S/C17H14O4/c1-9-7-8-12-11-5-3-4-6-13(11)17(15(18)19,16(20)21)14(12)10(9)2/h3-8H,1-2H3,(H,18,19)(H,20,21). The van der Waals surface area contributed by atoms with Crippen LogP contribution in [0.2, 0.25) is 0 Å². The average Bonchev–Trinajstić information content (AvgIpc) is 2.75. The molecular formula is C17H14O4. The maximum atomic E-state index is 12.0. The number of carbonyl (C=O) groups is 2. The number of carboxylic acid groups (broad SMARTS) is 2. The smallest absolute Gasteiger partial charge is 0.330 e. The summed E-state index contributed by atoms with van der Waals surface area (Å²) in [6.07, 6.45) is 0. The fraction of sp³-hybridized carbons (Fsp3) is 0.176. The van der Waals surface area contributed by atoms with E-state index in [-0.39, 0.29) is 0 Å². The molecule has 0 amide bonds. The molecule has 1 aliphatic rings. The van der Waals surface area contributed by atoms with Gasteiger partial charge in [-0.3, -0.25) is 9.59 Å². The van der Waals surface area contributed by atoms with Crippen LogP contribution >= 0.6 is 0 Å². The van der Waals surface area contributed by atoms with Gasteiger partial charge in [0.15, 0.2) is 0 Å². The highest BCUT2D eigenvalue weighted by atomic mass is 16.4. The van der Waals surface area contributed by atoms with Crippen molar-refractivity contribution in [1.82, 2.24) is 0 Å². The van der Waals surface area contributed by atoms with E-state index in [0.717, 1.165) is 5.56 Å². The Balaban J connectivity index is 2.56. The van der Waals surface area contributed by atoms with Crippen LogP contribution in [0.1, 0.15) is 22.3 Å². The number of benzene rings is 2. The van der Waals surface area contributed by atoms with Gasteiger partial charge in [-0.05, 0) is 47.2 Å². The van der Waals surface area contributed by atoms with Gasteiger partial charge in [0.2, 0.25) is 5.41 Å². The third-order valence-electron chi connectivity index (χ3n) is 4.37. The monoisotopic (exact) mass is 282 g/mol. The Kier molecular flexibility index (Phi) is 2.66. The zero-order valence-electron chi connectivity index (χ0n) is 11.7. The number of aryl methyl sites for hydroxylation is 1. The van der Waals surface area contributed by atoms with Gasteiger partial charge in [-0.15, -0.1) is 0 Å². The molecule has 2 aromatic rings. The van der Waals surface area contributed by atoms with Gasteiger partial charge in [0, 0.05) is 0 Å². The average molecular weight is 282 g/mol. The largest absolute Gasteiger partial charge is 0.480 e. The van der Waals surface area contributed by atoms with Gasteiger partial charge in [-0.25, -0.2) is 0 Å². The molecule has 0 aromatic heterocycles. The van der Waals surface area contributed by atoms with Crippen LogP contribution < -0.4 is 0 Å². The Labute approximate surface area is 121 Å². The Morgan fingerprint density at radius 3 is 2.14 bits per heavy atom. The molecule has 0 radical (unpaired) electrons. The van der Waals surface area contributed by atoms with E-state index < -0.39 is 17.4 Å². The molecule has 0 unspecified atom stereocenters. The van der Waals surface area contributed by atoms with E-state index in [9.17, 15) is 19.8 Å². The van der Waals surface area contributed by atoms with Crippen molar-refractivity contribution in [2.24, 2.45) is 0 Å². The number of carboxylic acids is 2. The topological polar surface area (TPSA) is 74.6 Å². The maximum Gasteiger partial charge on any atom is 0.330 e. The Morgan fingerprint density at radius 1 is 0.905 bits per heavy atom. The summed E-state index contributed by atoms with van der Waals surface area (Å²) >= 11 is 0. The summed E-state index contributed by atoms with van der Waals surface area (Å²) < 4.78 is 0. The molecule has 0 atom stereocenters. The molecule has 4 nitrogen and oxygen atoms in total. The molecule has 2 aromatic carbocycles. The summed E-state index contributed by atoms with van der Waals surface area (Å²) in [5.74, 6) is -2.70. The predicted molar refractivity (Wildman–Crippen MR) is 77.4 cm³/mol. The minimum absolute atomic E-state index is 0.328. The van der Waals surface area contributed by atoms with Crippen molar-refractivity contribution in [3.05, 3.63) is 58.7 Å². The molecule has 0 spiro atoms. The van der Waals surface area contributed by atoms with E-state index in [1.165, 1.54) is 0 Å². The number of aliphatic carboxylic acids is 2. The fourth-order valence-corrected chi connectivity index (χ4v) is 3.24. The SMILES string of the molecule is Cc1ccc2c(c1C)C(C(=O)O)(C(=O)O)c1ccccc1-2. The molecule has 4 heteroatoms. The summed E-state index contributed by atoms with van der Waals surface area (Å²) in [6, 6.07) is 10.5. The molecule has 0 saturated carbocycles. The van der Waals surface area contributed by atoms with E-state index in [4.69, 9.17) is 0 Å². The number of fused-ring (bicyclic) bond motifs is 3. The highest BCUT2D eigenvalue weighted by Crippen LogP contribution is 2.51. The van der Waals surface area contributed by atoms with E-state index in [2.05, 4.69) is 0 Å². The predicted octanol–water partition coefficient (Wildman–Crippen LogP) is 2.74. The molecule has 1 aliphatic carbocycles. The van der Waals surface area contributed by atoms with Gasteiger partial charge in [0.1, 0.15) is 0 Å². The van der Waals surface area contributed by atoms with Crippen molar-refractivity contribution in [3.8, 4) is 11.1 Å². The summed E-state index contributed by atoms with van der Waals surface area (Å²) in [6.45, 7) is 3.63. The molecule has 0 fully saturated rings. The first kappa shape index (κ1) is 13.4. The Morgan fingerprint density at radius 2 is 1.52 bits per heavy atom. The molecule has 106 valence electrons. The maximum absolute atomic E-state index is 12.0. The minimum Gasteiger partial charge on any atom is -0.480 e. The third-order valence-corrected chi connectivity index (χ3v) is 4.37. The lowest BCUT2D eigenvalue weighted by Crippen LogP contribution is -2.43. The normalized spacial score (nSPS) is 14.4. The molecular weight excluding hydrogens is 268 g/mol. The van der Waals surface area contributed by atoms with Gasteiger partial charge in [-0.2, -0.15) is 0 Å². The summed E-state index contributed by atoms with van der Waals surface area (Å²) in [7, 11) is 0. The summed E-state index contributed by atoms with van der Waals surface area (Å²) in [5, 5.41) is 19.5. The molecule has 0 saturated heterocycles. The minimum atomic E-state index is -2.03. The molecule has 2 N–H and O–H groups in total. The van der Waals surface area contributed by atoms with Crippen molar-refractivity contribution < 1.29 is 19.8 Å². The van der Waals surface area contributed by atoms with Crippen LogP contribution in [0.15, 0.2) is 36.4 Å². The van der Waals surface area contributed by atoms with Crippen molar-refractivity contribution in [2.45, 2.75) is 19.3 Å². The lowest BCUT2D eigenvalue weighted by Gasteiger charge is -2.24. The molecule has 3 rings (SSSR count). The second-order valence-corrected chi connectivity index (χ2v) is 5.34. The van der Waals surface area contributed by atoms with Crippen LogP contribution in [0.4, 0.5) is 0 Å². The lowest BCUT2D eigenvalue weighted by molar-refractivity contribution is -0.154. The van der Waals surface area contributed by atoms with Crippen LogP contribution in [0.25, 0.3) is 11.1 Å². The van der Waals surface area contributed by atoms with E-state index in [1.54, 1.807) is 31.2 Å². The molecule has 0 aliphatic heterocycles. The van der Waals surface area contributed by atoms with Crippen molar-refractivity contribution in [2.75, 3.05) is 0 Å². The molecule has 0 bridgehead atoms. The van der Waals surface area contributed by atoms with E-state index in [1.807, 2.05) is 19.1 Å². The van der Waals surface area contributed by atoms with Gasteiger partial charge in [0.25, 0.3) is 0 Å². The van der Waals surface area contributed by atoms with Crippen molar-refractivity contribution in [3.63, 3.8) is 0 Å². The Hall–Kier alpha value is -2.62. The number of rotatable bonds is 2. The Bertz CT molecular complexity index is 775. The van der Waals surface area contributed by atoms with Crippen LogP contribution in [-0.4, -0.2) is 22.2 Å². The first-order valence-corrected chi connectivity index (χ1v) is 6.59. The summed E-state index contributed by atoms with van der Waals surface area (Å²) in [5.41, 5.74) is 1.65. The van der Waals surface area contributed by atoms with Crippen LogP contribution in [0.3, 0.4) is 0 Å². The zero-order valence-corrected chi connectivity index (χ0v) is 11.7. The second-order valence-electron chi connectivity index (χ2n) is 5.34. The fourth-order valence-electron chi connectivity index (χ4n) is 3.24. The number of hydrogen-bond acceptors (Lipinski definition) is 2. The van der Waals surface area contributed by atoms with Gasteiger partial charge >= 0.3 is 11.9 Å². The highest BCUT2D eigenvalue weighted by molar-refractivity contribution is 6.14. The summed E-state index contributed by atoms with van der Waals surface area (Å²) in [4.78, 5) is 23.9. The number of hydrogen-bond donors (Lipinski definition) is 2. The lowest BCUT2D eigenvalue weighted by atomic mass is 9.76. The van der Waals surface area contributed by atoms with E-state index in [0.29, 0.717) is 27.8 Å². The highest BCUT2D eigenvalue weighted by Gasteiger charge is 2.56. The van der Waals surface area contributed by atoms with Crippen LogP contribution in [-0.2, 0) is 15.0 Å². The van der Waals surface area contributed by atoms with Gasteiger partial charge in [-0.1, -0.05) is 36.4 Å². The van der Waals surface area contributed by atoms with Gasteiger partial charge in [0.05, 0.1) is 0 Å².